The Hall–Kier alpha value is -2.99. The van der Waals surface area contributed by atoms with Crippen LogP contribution in [-0.4, -0.2) is 31.7 Å². The topological polar surface area (TPSA) is 73.9 Å². The largest absolute Gasteiger partial charge is 0.491 e. The van der Waals surface area contributed by atoms with Crippen molar-refractivity contribution >= 4 is 35.2 Å². The summed E-state index contributed by atoms with van der Waals surface area (Å²) in [6.07, 6.45) is 1.80. The molecule has 0 radical (unpaired) electrons. The normalized spacial score (nSPS) is 11.8. The maximum atomic E-state index is 12.2. The molecule has 0 unspecified atom stereocenters. The molecule has 0 saturated heterocycles. The Balaban J connectivity index is 1.99. The van der Waals surface area contributed by atoms with E-state index >= 15 is 0 Å². The van der Waals surface area contributed by atoms with E-state index in [2.05, 4.69) is 5.32 Å². The van der Waals surface area contributed by atoms with Gasteiger partial charge in [0.1, 0.15) is 0 Å². The number of methoxy groups -OCH3 is 1. The second-order valence-electron chi connectivity index (χ2n) is 6.23. The maximum Gasteiger partial charge on any atom is 0.331 e. The van der Waals surface area contributed by atoms with E-state index < -0.39 is 18.0 Å². The second kappa shape index (κ2) is 10.5. The predicted octanol–water partition coefficient (Wildman–Crippen LogP) is 4.64. The standard InChI is InChI=1S/C22H24ClNO5/c1-5-28-19-13-16(12-18(23)21(19)27-4)8-11-20(25)29-15(3)22(26)24-17-9-6-14(2)7-10-17/h6-13,15H,5H2,1-4H3,(H,24,26)/b11-8+/t15-/m1/s1. The molecular formula is C22H24ClNO5. The van der Waals surface area contributed by atoms with Crippen LogP contribution < -0.4 is 14.8 Å². The van der Waals surface area contributed by atoms with Crippen LogP contribution >= 0.6 is 11.6 Å². The van der Waals surface area contributed by atoms with Gasteiger partial charge in [0.2, 0.25) is 0 Å². The summed E-state index contributed by atoms with van der Waals surface area (Å²) in [5.41, 5.74) is 2.35. The van der Waals surface area contributed by atoms with Crippen LogP contribution in [0.2, 0.25) is 5.02 Å². The Kier molecular flexibility index (Phi) is 8.09. The van der Waals surface area contributed by atoms with Crippen molar-refractivity contribution in [1.29, 1.82) is 0 Å². The van der Waals surface area contributed by atoms with Gasteiger partial charge >= 0.3 is 5.97 Å². The molecule has 2 aromatic rings. The van der Waals surface area contributed by atoms with Gasteiger partial charge in [-0.15, -0.1) is 0 Å². The van der Waals surface area contributed by atoms with Crippen LogP contribution in [0, 0.1) is 6.92 Å². The third-order valence-corrected chi connectivity index (χ3v) is 4.21. The molecule has 1 atom stereocenters. The summed E-state index contributed by atoms with van der Waals surface area (Å²) < 4.78 is 15.9. The van der Waals surface area contributed by atoms with Crippen LogP contribution in [0.15, 0.2) is 42.5 Å². The smallest absolute Gasteiger partial charge is 0.331 e. The lowest BCUT2D eigenvalue weighted by atomic mass is 10.2. The quantitative estimate of drug-likeness (QED) is 0.500. The van der Waals surface area contributed by atoms with E-state index in [4.69, 9.17) is 25.8 Å². The number of halogens is 1. The molecule has 0 bridgehead atoms. The fourth-order valence-corrected chi connectivity index (χ4v) is 2.75. The molecule has 0 aliphatic heterocycles. The summed E-state index contributed by atoms with van der Waals surface area (Å²) in [6.45, 7) is 5.74. The lowest BCUT2D eigenvalue weighted by Crippen LogP contribution is -2.29. The minimum absolute atomic E-state index is 0.359. The van der Waals surface area contributed by atoms with Crippen molar-refractivity contribution in [3.05, 3.63) is 58.6 Å². The highest BCUT2D eigenvalue weighted by atomic mass is 35.5. The van der Waals surface area contributed by atoms with Gasteiger partial charge in [-0.2, -0.15) is 0 Å². The predicted molar refractivity (Wildman–Crippen MR) is 114 cm³/mol. The average molecular weight is 418 g/mol. The molecule has 2 rings (SSSR count). The molecule has 7 heteroatoms. The third kappa shape index (κ3) is 6.54. The van der Waals surface area contributed by atoms with Gasteiger partial charge < -0.3 is 19.5 Å². The van der Waals surface area contributed by atoms with Gasteiger partial charge in [0.15, 0.2) is 17.6 Å². The monoisotopic (exact) mass is 417 g/mol. The highest BCUT2D eigenvalue weighted by Gasteiger charge is 2.17. The lowest BCUT2D eigenvalue weighted by Gasteiger charge is -2.13. The van der Waals surface area contributed by atoms with E-state index in [1.165, 1.54) is 26.2 Å². The fourth-order valence-electron chi connectivity index (χ4n) is 2.46. The molecule has 29 heavy (non-hydrogen) atoms. The SMILES string of the molecule is CCOc1cc(/C=C/C(=O)O[C@H](C)C(=O)Nc2ccc(C)cc2)cc(Cl)c1OC. The molecule has 0 aliphatic rings. The lowest BCUT2D eigenvalue weighted by molar-refractivity contribution is -0.148. The molecule has 154 valence electrons. The van der Waals surface area contributed by atoms with Crippen molar-refractivity contribution in [3.8, 4) is 11.5 Å². The molecule has 1 amide bonds. The van der Waals surface area contributed by atoms with Crippen molar-refractivity contribution in [1.82, 2.24) is 0 Å². The van der Waals surface area contributed by atoms with E-state index in [1.807, 2.05) is 26.0 Å². The Labute approximate surface area is 175 Å². The number of hydrogen-bond donors (Lipinski definition) is 1. The number of carbonyl (C=O) groups is 2. The first-order chi connectivity index (χ1) is 13.8. The highest BCUT2D eigenvalue weighted by molar-refractivity contribution is 6.32. The number of aryl methyl sites for hydroxylation is 1. The molecule has 0 spiro atoms. The number of ether oxygens (including phenoxy) is 3. The molecule has 0 saturated carbocycles. The van der Waals surface area contributed by atoms with Gasteiger partial charge in [-0.3, -0.25) is 4.79 Å². The Morgan fingerprint density at radius 3 is 2.52 bits per heavy atom. The number of esters is 1. The molecule has 0 aromatic heterocycles. The van der Waals surface area contributed by atoms with Crippen LogP contribution in [0.1, 0.15) is 25.0 Å². The highest BCUT2D eigenvalue weighted by Crippen LogP contribution is 2.36. The van der Waals surface area contributed by atoms with Crippen molar-refractivity contribution in [3.63, 3.8) is 0 Å². The fraction of sp³-hybridized carbons (Fsp3) is 0.273. The van der Waals surface area contributed by atoms with E-state index in [1.54, 1.807) is 24.3 Å². The number of nitrogens with one attached hydrogen (secondary N) is 1. The van der Waals surface area contributed by atoms with Gasteiger partial charge in [-0.1, -0.05) is 29.3 Å². The van der Waals surface area contributed by atoms with E-state index in [0.29, 0.717) is 34.4 Å². The van der Waals surface area contributed by atoms with Gasteiger partial charge in [0.25, 0.3) is 5.91 Å². The summed E-state index contributed by atoms with van der Waals surface area (Å²) in [7, 11) is 1.50. The van der Waals surface area contributed by atoms with Crippen LogP contribution in [0.4, 0.5) is 5.69 Å². The third-order valence-electron chi connectivity index (χ3n) is 3.93. The summed E-state index contributed by atoms with van der Waals surface area (Å²) in [5.74, 6) is -0.167. The van der Waals surface area contributed by atoms with Crippen molar-refractivity contribution in [2.24, 2.45) is 0 Å². The molecule has 2 aromatic carbocycles. The molecule has 6 nitrogen and oxygen atoms in total. The first kappa shape index (κ1) is 22.3. The zero-order valence-corrected chi connectivity index (χ0v) is 17.6. The van der Waals surface area contributed by atoms with Crippen LogP contribution in [-0.2, 0) is 14.3 Å². The molecular weight excluding hydrogens is 394 g/mol. The van der Waals surface area contributed by atoms with Crippen LogP contribution in [0.5, 0.6) is 11.5 Å². The molecule has 1 N–H and O–H groups in total. The zero-order valence-electron chi connectivity index (χ0n) is 16.8. The Bertz CT molecular complexity index is 893. The van der Waals surface area contributed by atoms with Crippen molar-refractivity contribution in [2.45, 2.75) is 26.9 Å². The Morgan fingerprint density at radius 2 is 1.90 bits per heavy atom. The summed E-state index contributed by atoms with van der Waals surface area (Å²) in [4.78, 5) is 24.2. The van der Waals surface area contributed by atoms with Crippen molar-refractivity contribution in [2.75, 3.05) is 19.0 Å². The van der Waals surface area contributed by atoms with Gasteiger partial charge in [-0.25, -0.2) is 4.79 Å². The van der Waals surface area contributed by atoms with Gasteiger partial charge in [-0.05, 0) is 56.7 Å². The second-order valence-corrected chi connectivity index (χ2v) is 6.64. The maximum absolute atomic E-state index is 12.2. The van der Waals surface area contributed by atoms with E-state index in [0.717, 1.165) is 5.56 Å². The van der Waals surface area contributed by atoms with Gasteiger partial charge in [0, 0.05) is 11.8 Å². The van der Waals surface area contributed by atoms with Crippen molar-refractivity contribution < 1.29 is 23.8 Å². The number of benzene rings is 2. The van der Waals surface area contributed by atoms with Gasteiger partial charge in [0.05, 0.1) is 18.7 Å². The number of amides is 1. The first-order valence-corrected chi connectivity index (χ1v) is 9.48. The molecule has 0 aliphatic carbocycles. The number of rotatable bonds is 8. The summed E-state index contributed by atoms with van der Waals surface area (Å²) in [5, 5.41) is 3.06. The van der Waals surface area contributed by atoms with E-state index in [9.17, 15) is 9.59 Å². The number of carbonyl (C=O) groups excluding carboxylic acids is 2. The average Bonchev–Trinajstić information content (AvgIpc) is 2.68. The number of hydrogen-bond acceptors (Lipinski definition) is 5. The van der Waals surface area contributed by atoms with E-state index in [-0.39, 0.29) is 0 Å². The summed E-state index contributed by atoms with van der Waals surface area (Å²) in [6, 6.07) is 10.7. The molecule has 0 heterocycles. The van der Waals surface area contributed by atoms with Crippen LogP contribution in [0.25, 0.3) is 6.08 Å². The minimum Gasteiger partial charge on any atom is -0.491 e. The first-order valence-electron chi connectivity index (χ1n) is 9.10. The van der Waals surface area contributed by atoms with Crippen LogP contribution in [0.3, 0.4) is 0 Å². The minimum atomic E-state index is -0.952. The summed E-state index contributed by atoms with van der Waals surface area (Å²) >= 11 is 6.19. The Morgan fingerprint density at radius 1 is 1.21 bits per heavy atom. The number of anilines is 1. The molecule has 0 fully saturated rings. The zero-order chi connectivity index (χ0) is 21.4.